The Labute approximate surface area is 109 Å². The molecule has 5 nitrogen and oxygen atoms in total. The van der Waals surface area contributed by atoms with Crippen molar-refractivity contribution < 1.29 is 9.53 Å². The van der Waals surface area contributed by atoms with Gasteiger partial charge < -0.3 is 20.3 Å². The van der Waals surface area contributed by atoms with Crippen LogP contribution in [-0.2, 0) is 4.74 Å². The van der Waals surface area contributed by atoms with Crippen LogP contribution in [0.5, 0.6) is 0 Å². The summed E-state index contributed by atoms with van der Waals surface area (Å²) in [6.07, 6.45) is -0.196. The molecule has 104 valence electrons. The summed E-state index contributed by atoms with van der Waals surface area (Å²) in [5, 5.41) is 0. The summed E-state index contributed by atoms with van der Waals surface area (Å²) in [7, 11) is 2.12. The Morgan fingerprint density at radius 1 is 1.39 bits per heavy atom. The van der Waals surface area contributed by atoms with Crippen LogP contribution >= 0.6 is 0 Å². The maximum Gasteiger partial charge on any atom is 0.410 e. The minimum Gasteiger partial charge on any atom is -0.444 e. The van der Waals surface area contributed by atoms with E-state index >= 15 is 0 Å². The zero-order valence-electron chi connectivity index (χ0n) is 11.9. The fraction of sp³-hybridized carbons (Fsp3) is 0.923. The number of carbonyl (C=O) groups is 1. The lowest BCUT2D eigenvalue weighted by molar-refractivity contribution is -0.0437. The fourth-order valence-electron chi connectivity index (χ4n) is 3.15. The van der Waals surface area contributed by atoms with Gasteiger partial charge in [-0.1, -0.05) is 0 Å². The van der Waals surface area contributed by atoms with E-state index in [4.69, 9.17) is 10.5 Å². The molecule has 1 spiro atoms. The number of rotatable bonds is 1. The van der Waals surface area contributed by atoms with E-state index in [1.165, 1.54) is 0 Å². The highest BCUT2D eigenvalue weighted by Gasteiger charge is 2.54. The van der Waals surface area contributed by atoms with E-state index in [0.29, 0.717) is 12.5 Å². The van der Waals surface area contributed by atoms with Crippen molar-refractivity contribution in [3.8, 4) is 0 Å². The van der Waals surface area contributed by atoms with E-state index in [9.17, 15) is 4.79 Å². The second kappa shape index (κ2) is 4.38. The SMILES string of the molecule is CN1CC(CN)C2(C1)CN(C(=O)OC(C)(C)C)C2. The number of carbonyl (C=O) groups excluding carboxylic acids is 1. The maximum absolute atomic E-state index is 11.9. The highest BCUT2D eigenvalue weighted by atomic mass is 16.6. The van der Waals surface area contributed by atoms with Crippen molar-refractivity contribution in [1.82, 2.24) is 9.80 Å². The van der Waals surface area contributed by atoms with E-state index in [0.717, 1.165) is 26.2 Å². The molecule has 2 N–H and O–H groups in total. The van der Waals surface area contributed by atoms with Gasteiger partial charge in [0.05, 0.1) is 0 Å². The Hall–Kier alpha value is -0.810. The molecule has 0 aliphatic carbocycles. The zero-order chi connectivity index (χ0) is 13.6. The van der Waals surface area contributed by atoms with Crippen LogP contribution < -0.4 is 5.73 Å². The molecule has 0 radical (unpaired) electrons. The molecule has 1 amide bonds. The Morgan fingerprint density at radius 2 is 2.00 bits per heavy atom. The first kappa shape index (κ1) is 13.6. The average molecular weight is 255 g/mol. The van der Waals surface area contributed by atoms with Crippen molar-refractivity contribution in [2.24, 2.45) is 17.1 Å². The molecule has 0 aromatic rings. The number of nitrogens with zero attached hydrogens (tertiary/aromatic N) is 2. The van der Waals surface area contributed by atoms with Gasteiger partial charge >= 0.3 is 6.09 Å². The molecule has 2 heterocycles. The Morgan fingerprint density at radius 3 is 2.50 bits per heavy atom. The van der Waals surface area contributed by atoms with Crippen LogP contribution in [-0.4, -0.2) is 61.3 Å². The molecule has 2 fully saturated rings. The van der Waals surface area contributed by atoms with Gasteiger partial charge in [-0.05, 0) is 40.3 Å². The van der Waals surface area contributed by atoms with Crippen LogP contribution in [0, 0.1) is 11.3 Å². The van der Waals surface area contributed by atoms with Crippen molar-refractivity contribution in [2.45, 2.75) is 26.4 Å². The zero-order valence-corrected chi connectivity index (χ0v) is 11.9. The maximum atomic E-state index is 11.9. The number of hydrogen-bond acceptors (Lipinski definition) is 4. The molecule has 2 rings (SSSR count). The first-order valence-corrected chi connectivity index (χ1v) is 6.62. The number of hydrogen-bond donors (Lipinski definition) is 1. The van der Waals surface area contributed by atoms with Crippen LogP contribution in [0.15, 0.2) is 0 Å². The lowest BCUT2D eigenvalue weighted by Crippen LogP contribution is -2.63. The number of amides is 1. The first-order chi connectivity index (χ1) is 8.26. The summed E-state index contributed by atoms with van der Waals surface area (Å²) in [5.74, 6) is 0.501. The quantitative estimate of drug-likeness (QED) is 0.751. The van der Waals surface area contributed by atoms with Gasteiger partial charge in [0.25, 0.3) is 0 Å². The van der Waals surface area contributed by atoms with Gasteiger partial charge in [0.15, 0.2) is 0 Å². The molecular formula is C13H25N3O2. The topological polar surface area (TPSA) is 58.8 Å². The van der Waals surface area contributed by atoms with Crippen LogP contribution in [0.2, 0.25) is 0 Å². The van der Waals surface area contributed by atoms with E-state index < -0.39 is 5.60 Å². The smallest absolute Gasteiger partial charge is 0.410 e. The number of likely N-dealkylation sites (tertiary alicyclic amines) is 2. The summed E-state index contributed by atoms with van der Waals surface area (Å²) < 4.78 is 5.38. The van der Waals surface area contributed by atoms with Gasteiger partial charge in [0.2, 0.25) is 0 Å². The highest BCUT2D eigenvalue weighted by molar-refractivity contribution is 5.69. The third kappa shape index (κ3) is 2.47. The third-order valence-electron chi connectivity index (χ3n) is 3.93. The van der Waals surface area contributed by atoms with Crippen LogP contribution in [0.1, 0.15) is 20.8 Å². The molecule has 5 heteroatoms. The predicted octanol–water partition coefficient (Wildman–Crippen LogP) is 0.744. The Balaban J connectivity index is 1.91. The minimum absolute atomic E-state index is 0.196. The molecule has 1 unspecified atom stereocenters. The second-order valence-electron chi connectivity index (χ2n) is 6.83. The van der Waals surface area contributed by atoms with E-state index in [2.05, 4.69) is 11.9 Å². The Kier molecular flexibility index (Phi) is 3.32. The number of ether oxygens (including phenoxy) is 1. The summed E-state index contributed by atoms with van der Waals surface area (Å²) >= 11 is 0. The summed E-state index contributed by atoms with van der Waals surface area (Å²) in [6, 6.07) is 0. The van der Waals surface area contributed by atoms with Gasteiger partial charge in [-0.15, -0.1) is 0 Å². The molecule has 2 aliphatic rings. The van der Waals surface area contributed by atoms with Crippen molar-refractivity contribution in [1.29, 1.82) is 0 Å². The largest absolute Gasteiger partial charge is 0.444 e. The predicted molar refractivity (Wildman–Crippen MR) is 70.3 cm³/mol. The standard InChI is InChI=1S/C13H25N3O2/c1-12(2,3)18-11(17)16-8-13(9-16)7-15(4)6-10(13)5-14/h10H,5-9,14H2,1-4H3. The highest BCUT2D eigenvalue weighted by Crippen LogP contribution is 2.43. The average Bonchev–Trinajstić information content (AvgIpc) is 2.49. The van der Waals surface area contributed by atoms with E-state index in [1.54, 1.807) is 4.90 Å². The van der Waals surface area contributed by atoms with Crippen molar-refractivity contribution in [3.63, 3.8) is 0 Å². The molecule has 0 aromatic carbocycles. The molecule has 2 aliphatic heterocycles. The van der Waals surface area contributed by atoms with Gasteiger partial charge in [-0.2, -0.15) is 0 Å². The fourth-order valence-corrected chi connectivity index (χ4v) is 3.15. The van der Waals surface area contributed by atoms with Gasteiger partial charge in [-0.3, -0.25) is 0 Å². The Bertz CT molecular complexity index is 332. The molecule has 0 bridgehead atoms. The molecule has 1 atom stereocenters. The van der Waals surface area contributed by atoms with Crippen LogP contribution in [0.25, 0.3) is 0 Å². The minimum atomic E-state index is -0.417. The normalized spacial score (nSPS) is 27.4. The first-order valence-electron chi connectivity index (χ1n) is 6.62. The molecular weight excluding hydrogens is 230 g/mol. The lowest BCUT2D eigenvalue weighted by atomic mass is 9.72. The van der Waals surface area contributed by atoms with Gasteiger partial charge in [-0.25, -0.2) is 4.79 Å². The number of nitrogens with two attached hydrogens (primary N) is 1. The second-order valence-corrected chi connectivity index (χ2v) is 6.83. The molecule has 0 aromatic heterocycles. The van der Waals surface area contributed by atoms with Crippen molar-refractivity contribution >= 4 is 6.09 Å². The van der Waals surface area contributed by atoms with E-state index in [-0.39, 0.29) is 11.5 Å². The van der Waals surface area contributed by atoms with Crippen molar-refractivity contribution in [2.75, 3.05) is 39.8 Å². The molecule has 2 saturated heterocycles. The van der Waals surface area contributed by atoms with Crippen molar-refractivity contribution in [3.05, 3.63) is 0 Å². The van der Waals surface area contributed by atoms with E-state index in [1.807, 2.05) is 20.8 Å². The monoisotopic (exact) mass is 255 g/mol. The van der Waals surface area contributed by atoms with Gasteiger partial charge in [0.1, 0.15) is 5.60 Å². The molecule has 0 saturated carbocycles. The van der Waals surface area contributed by atoms with Crippen LogP contribution in [0.4, 0.5) is 4.79 Å². The third-order valence-corrected chi connectivity index (χ3v) is 3.93. The lowest BCUT2D eigenvalue weighted by Gasteiger charge is -2.50. The summed E-state index contributed by atoms with van der Waals surface area (Å²) in [5.41, 5.74) is 5.63. The molecule has 18 heavy (non-hydrogen) atoms. The van der Waals surface area contributed by atoms with Gasteiger partial charge in [0, 0.05) is 31.6 Å². The summed E-state index contributed by atoms with van der Waals surface area (Å²) in [6.45, 7) is 10.0. The summed E-state index contributed by atoms with van der Waals surface area (Å²) in [4.78, 5) is 16.0. The van der Waals surface area contributed by atoms with Crippen LogP contribution in [0.3, 0.4) is 0 Å².